The van der Waals surface area contributed by atoms with Gasteiger partial charge in [-0.25, -0.2) is 8.42 Å². The standard InChI is InChI=1S/C25H24N2O4S/c1-3-15-31-20-12-10-19(11-13-20)26-25(28)17-27-23-14-9-18(4-2)16-22(23)21-7-5-6-8-24(21)32(27,29)30/h3,5-14,16H,1,4,15,17H2,2H3,(H,26,28). The zero-order valence-electron chi connectivity index (χ0n) is 17.7. The summed E-state index contributed by atoms with van der Waals surface area (Å²) < 4.78 is 33.4. The average Bonchev–Trinajstić information content (AvgIpc) is 2.81. The van der Waals surface area contributed by atoms with Gasteiger partial charge in [-0.2, -0.15) is 0 Å². The number of nitrogens with one attached hydrogen (secondary N) is 1. The van der Waals surface area contributed by atoms with Crippen LogP contribution in [0.4, 0.5) is 11.4 Å². The van der Waals surface area contributed by atoms with Crippen molar-refractivity contribution in [3.05, 3.63) is 84.9 Å². The monoisotopic (exact) mass is 448 g/mol. The largest absolute Gasteiger partial charge is 0.490 e. The molecule has 0 bridgehead atoms. The Morgan fingerprint density at radius 2 is 1.81 bits per heavy atom. The molecular weight excluding hydrogens is 424 g/mol. The number of amides is 1. The fourth-order valence-electron chi connectivity index (χ4n) is 3.69. The van der Waals surface area contributed by atoms with Crippen molar-refractivity contribution in [1.82, 2.24) is 0 Å². The highest BCUT2D eigenvalue weighted by molar-refractivity contribution is 7.93. The zero-order valence-corrected chi connectivity index (χ0v) is 18.6. The van der Waals surface area contributed by atoms with E-state index in [1.807, 2.05) is 25.1 Å². The average molecular weight is 449 g/mol. The lowest BCUT2D eigenvalue weighted by Gasteiger charge is -2.32. The molecule has 0 atom stereocenters. The summed E-state index contributed by atoms with van der Waals surface area (Å²) in [5, 5.41) is 2.77. The maximum atomic E-state index is 13.4. The molecule has 164 valence electrons. The van der Waals surface area contributed by atoms with Crippen LogP contribution in [0, 0.1) is 0 Å². The number of carbonyl (C=O) groups excluding carboxylic acids is 1. The van der Waals surface area contributed by atoms with Crippen molar-refractivity contribution in [2.45, 2.75) is 18.2 Å². The van der Waals surface area contributed by atoms with Crippen LogP contribution in [-0.4, -0.2) is 27.5 Å². The highest BCUT2D eigenvalue weighted by Gasteiger charge is 2.35. The molecular formula is C25H24N2O4S. The zero-order chi connectivity index (χ0) is 22.7. The van der Waals surface area contributed by atoms with E-state index in [0.29, 0.717) is 29.3 Å². The lowest BCUT2D eigenvalue weighted by Crippen LogP contribution is -2.40. The third kappa shape index (κ3) is 4.11. The van der Waals surface area contributed by atoms with Gasteiger partial charge in [0.15, 0.2) is 0 Å². The summed E-state index contributed by atoms with van der Waals surface area (Å²) in [6.45, 7) is 5.71. The van der Waals surface area contributed by atoms with Crippen molar-refractivity contribution in [3.63, 3.8) is 0 Å². The molecule has 6 nitrogen and oxygen atoms in total. The van der Waals surface area contributed by atoms with E-state index in [1.54, 1.807) is 54.6 Å². The molecule has 0 saturated carbocycles. The van der Waals surface area contributed by atoms with Gasteiger partial charge in [0.1, 0.15) is 18.9 Å². The fourth-order valence-corrected chi connectivity index (χ4v) is 5.34. The third-order valence-electron chi connectivity index (χ3n) is 5.28. The lowest BCUT2D eigenvalue weighted by molar-refractivity contribution is -0.114. The highest BCUT2D eigenvalue weighted by atomic mass is 32.2. The SMILES string of the molecule is C=CCOc1ccc(NC(=O)CN2c3ccc(CC)cc3-c3ccccc3S2(=O)=O)cc1. The molecule has 4 rings (SSSR count). The Labute approximate surface area is 188 Å². The number of nitrogens with zero attached hydrogens (tertiary/aromatic N) is 1. The predicted octanol–water partition coefficient (Wildman–Crippen LogP) is 4.63. The first kappa shape index (κ1) is 21.6. The summed E-state index contributed by atoms with van der Waals surface area (Å²) in [6, 6.07) is 19.4. The van der Waals surface area contributed by atoms with E-state index in [0.717, 1.165) is 17.5 Å². The van der Waals surface area contributed by atoms with E-state index in [4.69, 9.17) is 4.74 Å². The molecule has 0 aromatic heterocycles. The molecule has 0 spiro atoms. The van der Waals surface area contributed by atoms with Gasteiger partial charge < -0.3 is 10.1 Å². The van der Waals surface area contributed by atoms with Gasteiger partial charge in [-0.1, -0.05) is 43.8 Å². The van der Waals surface area contributed by atoms with E-state index in [9.17, 15) is 13.2 Å². The number of anilines is 2. The number of hydrogen-bond donors (Lipinski definition) is 1. The summed E-state index contributed by atoms with van der Waals surface area (Å²) >= 11 is 0. The Hall–Kier alpha value is -3.58. The summed E-state index contributed by atoms with van der Waals surface area (Å²) in [6.07, 6.45) is 2.48. The summed E-state index contributed by atoms with van der Waals surface area (Å²) in [5.41, 5.74) is 3.62. The number of carbonyl (C=O) groups is 1. The Morgan fingerprint density at radius 3 is 2.53 bits per heavy atom. The second-order valence-corrected chi connectivity index (χ2v) is 9.22. The normalized spacial score (nSPS) is 13.6. The van der Waals surface area contributed by atoms with Crippen molar-refractivity contribution >= 4 is 27.3 Å². The first-order chi connectivity index (χ1) is 15.4. The molecule has 3 aromatic carbocycles. The molecule has 0 aliphatic carbocycles. The Kier molecular flexibility index (Phi) is 6.01. The minimum Gasteiger partial charge on any atom is -0.490 e. The van der Waals surface area contributed by atoms with Gasteiger partial charge >= 0.3 is 0 Å². The van der Waals surface area contributed by atoms with Gasteiger partial charge in [-0.3, -0.25) is 9.10 Å². The molecule has 0 fully saturated rings. The first-order valence-corrected chi connectivity index (χ1v) is 11.8. The summed E-state index contributed by atoms with van der Waals surface area (Å²) in [4.78, 5) is 13.0. The van der Waals surface area contributed by atoms with Crippen molar-refractivity contribution in [2.75, 3.05) is 22.8 Å². The predicted molar refractivity (Wildman–Crippen MR) is 127 cm³/mol. The van der Waals surface area contributed by atoms with Crippen molar-refractivity contribution in [3.8, 4) is 16.9 Å². The van der Waals surface area contributed by atoms with Gasteiger partial charge in [-0.05, 0) is 54.4 Å². The molecule has 1 amide bonds. The topological polar surface area (TPSA) is 75.7 Å². The van der Waals surface area contributed by atoms with Crippen molar-refractivity contribution in [2.24, 2.45) is 0 Å². The number of fused-ring (bicyclic) bond motifs is 3. The van der Waals surface area contributed by atoms with Crippen LogP contribution >= 0.6 is 0 Å². The van der Waals surface area contributed by atoms with Crippen LogP contribution in [0.25, 0.3) is 11.1 Å². The smallest absolute Gasteiger partial charge is 0.265 e. The summed E-state index contributed by atoms with van der Waals surface area (Å²) in [5.74, 6) is 0.219. The van der Waals surface area contributed by atoms with Gasteiger partial charge in [0.2, 0.25) is 5.91 Å². The maximum absolute atomic E-state index is 13.4. The molecule has 1 aliphatic rings. The minimum absolute atomic E-state index is 0.206. The number of hydrogen-bond acceptors (Lipinski definition) is 4. The van der Waals surface area contributed by atoms with Crippen molar-refractivity contribution in [1.29, 1.82) is 0 Å². The number of ether oxygens (including phenoxy) is 1. The highest BCUT2D eigenvalue weighted by Crippen LogP contribution is 2.43. The van der Waals surface area contributed by atoms with Crippen LogP contribution in [-0.2, 0) is 21.2 Å². The second kappa shape index (κ2) is 8.88. The molecule has 1 N–H and O–H groups in total. The van der Waals surface area contributed by atoms with Gasteiger partial charge in [0, 0.05) is 16.8 Å². The molecule has 32 heavy (non-hydrogen) atoms. The molecule has 0 saturated heterocycles. The van der Waals surface area contributed by atoms with Crippen LogP contribution in [0.15, 0.2) is 84.3 Å². The van der Waals surface area contributed by atoms with E-state index >= 15 is 0 Å². The maximum Gasteiger partial charge on any atom is 0.265 e. The Balaban J connectivity index is 1.62. The molecule has 1 heterocycles. The van der Waals surface area contributed by atoms with E-state index in [1.165, 1.54) is 4.31 Å². The van der Waals surface area contributed by atoms with Crippen LogP contribution in [0.5, 0.6) is 5.75 Å². The van der Waals surface area contributed by atoms with Crippen LogP contribution in [0.2, 0.25) is 0 Å². The van der Waals surface area contributed by atoms with E-state index in [-0.39, 0.29) is 11.4 Å². The quantitative estimate of drug-likeness (QED) is 0.535. The lowest BCUT2D eigenvalue weighted by atomic mass is 9.99. The molecule has 3 aromatic rings. The Morgan fingerprint density at radius 1 is 1.06 bits per heavy atom. The van der Waals surface area contributed by atoms with Gasteiger partial charge in [-0.15, -0.1) is 0 Å². The molecule has 7 heteroatoms. The molecule has 1 aliphatic heterocycles. The summed E-state index contributed by atoms with van der Waals surface area (Å²) in [7, 11) is -3.88. The van der Waals surface area contributed by atoms with Crippen LogP contribution in [0.1, 0.15) is 12.5 Å². The number of rotatable bonds is 7. The second-order valence-electron chi connectivity index (χ2n) is 7.39. The van der Waals surface area contributed by atoms with Gasteiger partial charge in [0.25, 0.3) is 10.0 Å². The van der Waals surface area contributed by atoms with Crippen molar-refractivity contribution < 1.29 is 17.9 Å². The third-order valence-corrected chi connectivity index (χ3v) is 7.09. The molecule has 0 unspecified atom stereocenters. The van der Waals surface area contributed by atoms with E-state index < -0.39 is 15.9 Å². The fraction of sp³-hybridized carbons (Fsp3) is 0.160. The number of sulfonamides is 1. The van der Waals surface area contributed by atoms with Crippen LogP contribution < -0.4 is 14.4 Å². The minimum atomic E-state index is -3.88. The van der Waals surface area contributed by atoms with E-state index in [2.05, 4.69) is 11.9 Å². The van der Waals surface area contributed by atoms with Crippen LogP contribution in [0.3, 0.4) is 0 Å². The Bertz CT molecular complexity index is 1270. The molecule has 0 radical (unpaired) electrons. The van der Waals surface area contributed by atoms with Gasteiger partial charge in [0.05, 0.1) is 10.6 Å². The number of benzene rings is 3. The number of aryl methyl sites for hydroxylation is 1. The first-order valence-electron chi connectivity index (χ1n) is 10.3.